The fourth-order valence-corrected chi connectivity index (χ4v) is 3.37. The summed E-state index contributed by atoms with van der Waals surface area (Å²) in [4.78, 5) is 15.8. The Kier molecular flexibility index (Phi) is 5.85. The van der Waals surface area contributed by atoms with Crippen molar-refractivity contribution in [1.29, 1.82) is 0 Å². The molecule has 0 aliphatic rings. The lowest BCUT2D eigenvalue weighted by atomic mass is 10.2. The lowest BCUT2D eigenvalue weighted by Crippen LogP contribution is -2.02. The number of aromatic carboxylic acids is 1. The van der Waals surface area contributed by atoms with E-state index in [4.69, 9.17) is 21.4 Å². The number of carbonyl (C=O) groups is 1. The zero-order valence-electron chi connectivity index (χ0n) is 15.9. The van der Waals surface area contributed by atoms with Gasteiger partial charge in [0.15, 0.2) is 0 Å². The molecule has 0 atom stereocenters. The molecule has 0 unspecified atom stereocenters. The molecular weight excluding hydrogens is 376 g/mol. The van der Waals surface area contributed by atoms with Gasteiger partial charge in [-0.05, 0) is 57.2 Å². The molecular formula is C22H21ClN2O3. The third-order valence-electron chi connectivity index (χ3n) is 4.42. The highest BCUT2D eigenvalue weighted by Crippen LogP contribution is 2.28. The van der Waals surface area contributed by atoms with Gasteiger partial charge in [0.25, 0.3) is 0 Å². The predicted octanol–water partition coefficient (Wildman–Crippen LogP) is 5.60. The van der Waals surface area contributed by atoms with E-state index in [0.717, 1.165) is 34.1 Å². The number of nitrogens with zero attached hydrogens (tertiary/aromatic N) is 2. The first kappa shape index (κ1) is 19.7. The zero-order valence-corrected chi connectivity index (χ0v) is 16.7. The van der Waals surface area contributed by atoms with E-state index < -0.39 is 5.97 Å². The van der Waals surface area contributed by atoms with Crippen LogP contribution in [0.2, 0.25) is 5.02 Å². The molecule has 5 nitrogen and oxygen atoms in total. The van der Waals surface area contributed by atoms with Gasteiger partial charge in [-0.1, -0.05) is 23.7 Å². The number of halogens is 1. The summed E-state index contributed by atoms with van der Waals surface area (Å²) in [5.74, 6) is -0.301. The minimum Gasteiger partial charge on any atom is -0.492 e. The van der Waals surface area contributed by atoms with Crippen molar-refractivity contribution < 1.29 is 14.6 Å². The van der Waals surface area contributed by atoms with Gasteiger partial charge < -0.3 is 14.4 Å². The minimum atomic E-state index is -1.04. The molecule has 0 saturated carbocycles. The highest BCUT2D eigenvalue weighted by molar-refractivity contribution is 6.33. The highest BCUT2D eigenvalue weighted by Gasteiger charge is 2.13. The Morgan fingerprint density at radius 3 is 2.64 bits per heavy atom. The topological polar surface area (TPSA) is 63.8 Å². The summed E-state index contributed by atoms with van der Waals surface area (Å²) < 4.78 is 7.64. The molecule has 0 spiro atoms. The van der Waals surface area contributed by atoms with Crippen molar-refractivity contribution >= 4 is 29.5 Å². The summed E-state index contributed by atoms with van der Waals surface area (Å²) in [6.07, 6.45) is 1.81. The Bertz CT molecular complexity index is 1050. The Morgan fingerprint density at radius 2 is 1.96 bits per heavy atom. The summed E-state index contributed by atoms with van der Waals surface area (Å²) in [5, 5.41) is 9.37. The van der Waals surface area contributed by atoms with Crippen LogP contribution in [0.4, 0.5) is 5.69 Å². The van der Waals surface area contributed by atoms with E-state index in [-0.39, 0.29) is 10.6 Å². The van der Waals surface area contributed by atoms with E-state index in [1.165, 1.54) is 6.07 Å². The van der Waals surface area contributed by atoms with Gasteiger partial charge in [0.1, 0.15) is 11.4 Å². The van der Waals surface area contributed by atoms with E-state index >= 15 is 0 Å². The predicted molar refractivity (Wildman–Crippen MR) is 112 cm³/mol. The fourth-order valence-electron chi connectivity index (χ4n) is 3.11. The molecule has 0 aliphatic carbocycles. The van der Waals surface area contributed by atoms with Crippen molar-refractivity contribution in [3.05, 3.63) is 76.1 Å². The number of hydrogen-bond acceptors (Lipinski definition) is 3. The molecule has 0 bridgehead atoms. The second-order valence-corrected chi connectivity index (χ2v) is 6.70. The standard InChI is InChI=1S/C22H21ClN2O3/c1-4-28-21-8-6-5-7-20(21)24-13-16-11-14(2)25(15(16)3)17-9-10-18(22(26)27)19(23)12-17/h5-13H,4H2,1-3H3,(H,26,27). The van der Waals surface area contributed by atoms with Crippen LogP contribution in [-0.4, -0.2) is 28.5 Å². The van der Waals surface area contributed by atoms with Crippen LogP contribution in [-0.2, 0) is 0 Å². The van der Waals surface area contributed by atoms with Crippen molar-refractivity contribution in [3.8, 4) is 11.4 Å². The number of benzene rings is 2. The van der Waals surface area contributed by atoms with Crippen LogP contribution < -0.4 is 4.74 Å². The SMILES string of the molecule is CCOc1ccccc1N=Cc1cc(C)n(-c2ccc(C(=O)O)c(Cl)c2)c1C. The van der Waals surface area contributed by atoms with Crippen molar-refractivity contribution in [1.82, 2.24) is 4.57 Å². The number of para-hydroxylation sites is 2. The molecule has 1 heterocycles. The number of aryl methyl sites for hydroxylation is 1. The largest absolute Gasteiger partial charge is 0.492 e. The van der Waals surface area contributed by atoms with Gasteiger partial charge in [-0.15, -0.1) is 0 Å². The van der Waals surface area contributed by atoms with Crippen LogP contribution in [0, 0.1) is 13.8 Å². The van der Waals surface area contributed by atoms with E-state index in [2.05, 4.69) is 4.99 Å². The number of aliphatic imine (C=N–C) groups is 1. The molecule has 6 heteroatoms. The second kappa shape index (κ2) is 8.31. The molecule has 2 aromatic carbocycles. The summed E-state index contributed by atoms with van der Waals surface area (Å²) in [6, 6.07) is 14.6. The van der Waals surface area contributed by atoms with Crippen LogP contribution in [0.25, 0.3) is 5.69 Å². The highest BCUT2D eigenvalue weighted by atomic mass is 35.5. The summed E-state index contributed by atoms with van der Waals surface area (Å²) >= 11 is 6.14. The molecule has 1 N–H and O–H groups in total. The number of ether oxygens (including phenoxy) is 1. The third-order valence-corrected chi connectivity index (χ3v) is 4.73. The number of rotatable bonds is 6. The lowest BCUT2D eigenvalue weighted by molar-refractivity contribution is 0.0697. The van der Waals surface area contributed by atoms with Crippen molar-refractivity contribution in [2.24, 2.45) is 4.99 Å². The Labute approximate surface area is 168 Å². The number of hydrogen-bond donors (Lipinski definition) is 1. The van der Waals surface area contributed by atoms with E-state index in [1.54, 1.807) is 12.1 Å². The van der Waals surface area contributed by atoms with Crippen LogP contribution in [0.5, 0.6) is 5.75 Å². The van der Waals surface area contributed by atoms with E-state index in [0.29, 0.717) is 6.61 Å². The first-order valence-electron chi connectivity index (χ1n) is 8.90. The van der Waals surface area contributed by atoms with Crippen LogP contribution in [0.15, 0.2) is 53.5 Å². The van der Waals surface area contributed by atoms with Gasteiger partial charge >= 0.3 is 5.97 Å². The maximum absolute atomic E-state index is 11.2. The third kappa shape index (κ3) is 3.94. The number of aromatic nitrogens is 1. The van der Waals surface area contributed by atoms with E-state index in [9.17, 15) is 4.79 Å². The van der Waals surface area contributed by atoms with Crippen molar-refractivity contribution in [3.63, 3.8) is 0 Å². The summed E-state index contributed by atoms with van der Waals surface area (Å²) in [7, 11) is 0. The van der Waals surface area contributed by atoms with Gasteiger partial charge in [-0.2, -0.15) is 0 Å². The molecule has 3 rings (SSSR count). The molecule has 0 saturated heterocycles. The maximum Gasteiger partial charge on any atom is 0.337 e. The first-order valence-corrected chi connectivity index (χ1v) is 9.28. The molecule has 3 aromatic rings. The van der Waals surface area contributed by atoms with Gasteiger partial charge in [-0.25, -0.2) is 4.79 Å². The van der Waals surface area contributed by atoms with Gasteiger partial charge in [0.2, 0.25) is 0 Å². The monoisotopic (exact) mass is 396 g/mol. The molecule has 28 heavy (non-hydrogen) atoms. The number of carboxylic acid groups (broad SMARTS) is 1. The van der Waals surface area contributed by atoms with Crippen molar-refractivity contribution in [2.75, 3.05) is 6.61 Å². The fraction of sp³-hybridized carbons (Fsp3) is 0.182. The van der Waals surface area contributed by atoms with Gasteiger partial charge in [-0.3, -0.25) is 4.99 Å². The summed E-state index contributed by atoms with van der Waals surface area (Å²) in [5.41, 5.74) is 4.59. The van der Waals surface area contributed by atoms with E-state index in [1.807, 2.05) is 61.9 Å². The normalized spacial score (nSPS) is 11.1. The molecule has 0 aliphatic heterocycles. The maximum atomic E-state index is 11.2. The minimum absolute atomic E-state index is 0.0854. The summed E-state index contributed by atoms with van der Waals surface area (Å²) in [6.45, 7) is 6.49. The lowest BCUT2D eigenvalue weighted by Gasteiger charge is -2.11. The van der Waals surface area contributed by atoms with Crippen LogP contribution in [0.1, 0.15) is 34.2 Å². The second-order valence-electron chi connectivity index (χ2n) is 6.29. The quantitative estimate of drug-likeness (QED) is 0.552. The molecule has 0 radical (unpaired) electrons. The number of carboxylic acids is 1. The molecule has 0 amide bonds. The molecule has 144 valence electrons. The zero-order chi connectivity index (χ0) is 20.3. The smallest absolute Gasteiger partial charge is 0.337 e. The Morgan fingerprint density at radius 1 is 1.21 bits per heavy atom. The van der Waals surface area contributed by atoms with Crippen molar-refractivity contribution in [2.45, 2.75) is 20.8 Å². The first-order chi connectivity index (χ1) is 13.4. The average Bonchev–Trinajstić information content (AvgIpc) is 2.94. The molecule has 1 aromatic heterocycles. The average molecular weight is 397 g/mol. The van der Waals surface area contributed by atoms with Gasteiger partial charge in [0.05, 0.1) is 17.2 Å². The molecule has 0 fully saturated rings. The van der Waals surface area contributed by atoms with Crippen LogP contribution >= 0.6 is 11.6 Å². The Hall–Kier alpha value is -3.05. The van der Waals surface area contributed by atoms with Gasteiger partial charge in [0, 0.05) is 28.9 Å². The van der Waals surface area contributed by atoms with Crippen LogP contribution in [0.3, 0.4) is 0 Å². The Balaban J connectivity index is 1.97.